The lowest BCUT2D eigenvalue weighted by atomic mass is 9.87. The summed E-state index contributed by atoms with van der Waals surface area (Å²) >= 11 is 0. The van der Waals surface area contributed by atoms with Crippen LogP contribution in [-0.4, -0.2) is 41.6 Å². The minimum absolute atomic E-state index is 0.104. The molecule has 0 fully saturated rings. The van der Waals surface area contributed by atoms with Crippen molar-refractivity contribution in [2.45, 2.75) is 71.4 Å². The molecular formula is C21H32N2O3. The molecule has 1 aromatic rings. The van der Waals surface area contributed by atoms with Crippen LogP contribution in [0.1, 0.15) is 58.1 Å². The van der Waals surface area contributed by atoms with Crippen LogP contribution >= 0.6 is 0 Å². The second-order valence-corrected chi connectivity index (χ2v) is 7.93. The number of hydrogen-bond donors (Lipinski definition) is 1. The number of nitrogens with zero attached hydrogens (tertiary/aromatic N) is 1. The number of aryl methyl sites for hydroxylation is 1. The van der Waals surface area contributed by atoms with Crippen molar-refractivity contribution in [3.63, 3.8) is 0 Å². The molecule has 0 heterocycles. The lowest BCUT2D eigenvalue weighted by molar-refractivity contribution is -0.133. The molecule has 1 N–H and O–H groups in total. The quantitative estimate of drug-likeness (QED) is 0.841. The van der Waals surface area contributed by atoms with Gasteiger partial charge in [-0.25, -0.2) is 4.79 Å². The minimum atomic E-state index is -0.530. The van der Waals surface area contributed by atoms with Crippen LogP contribution in [0.5, 0.6) is 0 Å². The Balaban J connectivity index is 1.89. The normalized spacial score (nSPS) is 16.5. The predicted molar refractivity (Wildman–Crippen MR) is 103 cm³/mol. The fourth-order valence-electron chi connectivity index (χ4n) is 3.43. The molecule has 2 amide bonds. The van der Waals surface area contributed by atoms with Gasteiger partial charge in [0.1, 0.15) is 5.60 Å². The highest BCUT2D eigenvalue weighted by Gasteiger charge is 2.27. The zero-order valence-electron chi connectivity index (χ0n) is 16.5. The molecule has 0 radical (unpaired) electrons. The minimum Gasteiger partial charge on any atom is -0.444 e. The molecule has 0 aliphatic heterocycles. The summed E-state index contributed by atoms with van der Waals surface area (Å²) in [7, 11) is 0. The zero-order valence-corrected chi connectivity index (χ0v) is 16.5. The molecule has 0 bridgehead atoms. The third-order valence-corrected chi connectivity index (χ3v) is 4.55. The zero-order chi connectivity index (χ0) is 19.2. The van der Waals surface area contributed by atoms with Crippen molar-refractivity contribution in [1.82, 2.24) is 10.2 Å². The van der Waals surface area contributed by atoms with Gasteiger partial charge in [-0.1, -0.05) is 31.2 Å². The van der Waals surface area contributed by atoms with E-state index in [0.717, 1.165) is 32.2 Å². The van der Waals surface area contributed by atoms with Crippen LogP contribution in [-0.2, 0) is 22.4 Å². The molecule has 26 heavy (non-hydrogen) atoms. The molecule has 144 valence electrons. The van der Waals surface area contributed by atoms with Crippen molar-refractivity contribution in [2.24, 2.45) is 0 Å². The van der Waals surface area contributed by atoms with Gasteiger partial charge in [0.25, 0.3) is 0 Å². The van der Waals surface area contributed by atoms with Crippen molar-refractivity contribution in [3.8, 4) is 0 Å². The van der Waals surface area contributed by atoms with E-state index in [1.807, 2.05) is 25.7 Å². The average Bonchev–Trinajstić information content (AvgIpc) is 2.57. The van der Waals surface area contributed by atoms with Crippen molar-refractivity contribution in [2.75, 3.05) is 13.1 Å². The predicted octanol–water partition coefficient (Wildman–Crippen LogP) is 3.70. The monoisotopic (exact) mass is 360 g/mol. The van der Waals surface area contributed by atoms with Crippen LogP contribution in [0.25, 0.3) is 0 Å². The van der Waals surface area contributed by atoms with E-state index in [0.29, 0.717) is 13.0 Å². The summed E-state index contributed by atoms with van der Waals surface area (Å²) in [5.41, 5.74) is 2.22. The standard InChI is InChI=1S/C21H32N2O3/c1-5-14-23(18-11-10-16-8-6-7-9-17(16)15-18)19(24)12-13-22-20(25)26-21(2,3)4/h6-9,18H,5,10-15H2,1-4H3,(H,22,25). The van der Waals surface area contributed by atoms with E-state index in [2.05, 4.69) is 36.5 Å². The highest BCUT2D eigenvalue weighted by Crippen LogP contribution is 2.25. The van der Waals surface area contributed by atoms with E-state index in [-0.39, 0.29) is 11.9 Å². The first-order valence-corrected chi connectivity index (χ1v) is 9.63. The maximum Gasteiger partial charge on any atom is 0.407 e. The molecule has 5 nitrogen and oxygen atoms in total. The fraction of sp³-hybridized carbons (Fsp3) is 0.619. The second-order valence-electron chi connectivity index (χ2n) is 7.93. The maximum absolute atomic E-state index is 12.7. The molecule has 0 saturated carbocycles. The lowest BCUT2D eigenvalue weighted by Crippen LogP contribution is -2.45. The molecule has 2 rings (SSSR count). The maximum atomic E-state index is 12.7. The number of fused-ring (bicyclic) bond motifs is 1. The molecule has 1 atom stereocenters. The van der Waals surface area contributed by atoms with Gasteiger partial charge in [-0.15, -0.1) is 0 Å². The number of ether oxygens (including phenoxy) is 1. The summed E-state index contributed by atoms with van der Waals surface area (Å²) in [6.07, 6.45) is 3.70. The summed E-state index contributed by atoms with van der Waals surface area (Å²) in [5, 5.41) is 2.68. The highest BCUT2D eigenvalue weighted by molar-refractivity contribution is 5.77. The Morgan fingerprint density at radius 3 is 2.58 bits per heavy atom. The highest BCUT2D eigenvalue weighted by atomic mass is 16.6. The average molecular weight is 360 g/mol. The van der Waals surface area contributed by atoms with Gasteiger partial charge in [-0.2, -0.15) is 0 Å². The first kappa shape index (κ1) is 20.3. The Bertz CT molecular complexity index is 622. The topological polar surface area (TPSA) is 58.6 Å². The second kappa shape index (κ2) is 9.06. The first-order valence-electron chi connectivity index (χ1n) is 9.63. The van der Waals surface area contributed by atoms with Crippen LogP contribution in [0.2, 0.25) is 0 Å². The van der Waals surface area contributed by atoms with Crippen LogP contribution in [0, 0.1) is 0 Å². The van der Waals surface area contributed by atoms with E-state index < -0.39 is 11.7 Å². The molecule has 1 aliphatic carbocycles. The number of alkyl carbamates (subject to hydrolysis) is 1. The van der Waals surface area contributed by atoms with Crippen LogP contribution < -0.4 is 5.32 Å². The Hall–Kier alpha value is -2.04. The number of carbonyl (C=O) groups is 2. The van der Waals surface area contributed by atoms with Gasteiger partial charge in [0.05, 0.1) is 0 Å². The van der Waals surface area contributed by atoms with Crippen LogP contribution in [0.4, 0.5) is 4.79 Å². The Kier molecular flexibility index (Phi) is 7.06. The van der Waals surface area contributed by atoms with Gasteiger partial charge in [0, 0.05) is 25.6 Å². The number of nitrogens with one attached hydrogen (secondary N) is 1. The smallest absolute Gasteiger partial charge is 0.407 e. The summed E-state index contributed by atoms with van der Waals surface area (Å²) in [6, 6.07) is 8.75. The van der Waals surface area contributed by atoms with Gasteiger partial charge in [0.15, 0.2) is 0 Å². The number of benzene rings is 1. The summed E-state index contributed by atoms with van der Waals surface area (Å²) < 4.78 is 5.21. The van der Waals surface area contributed by atoms with Crippen LogP contribution in [0.3, 0.4) is 0 Å². The molecule has 0 saturated heterocycles. The molecule has 5 heteroatoms. The Morgan fingerprint density at radius 1 is 1.23 bits per heavy atom. The third-order valence-electron chi connectivity index (χ3n) is 4.55. The fourth-order valence-corrected chi connectivity index (χ4v) is 3.43. The number of hydrogen-bond acceptors (Lipinski definition) is 3. The molecule has 1 aromatic carbocycles. The van der Waals surface area contributed by atoms with Gasteiger partial charge >= 0.3 is 6.09 Å². The summed E-state index contributed by atoms with van der Waals surface area (Å²) in [4.78, 5) is 26.5. The molecule has 1 aliphatic rings. The van der Waals surface area contributed by atoms with Gasteiger partial charge < -0.3 is 15.0 Å². The molecule has 0 aromatic heterocycles. The molecule has 0 spiro atoms. The SMILES string of the molecule is CCCN(C(=O)CCNC(=O)OC(C)(C)C)C1CCc2ccccc2C1. The Labute approximate surface area is 157 Å². The lowest BCUT2D eigenvalue weighted by Gasteiger charge is -2.35. The van der Waals surface area contributed by atoms with E-state index >= 15 is 0 Å². The molecular weight excluding hydrogens is 328 g/mol. The third kappa shape index (κ3) is 6.04. The Morgan fingerprint density at radius 2 is 1.92 bits per heavy atom. The van der Waals surface area contributed by atoms with Gasteiger partial charge in [0.2, 0.25) is 5.91 Å². The van der Waals surface area contributed by atoms with Gasteiger partial charge in [-0.05, 0) is 57.6 Å². The number of carbonyl (C=O) groups excluding carboxylic acids is 2. The van der Waals surface area contributed by atoms with E-state index in [9.17, 15) is 9.59 Å². The van der Waals surface area contributed by atoms with Crippen molar-refractivity contribution in [1.29, 1.82) is 0 Å². The number of amides is 2. The van der Waals surface area contributed by atoms with E-state index in [1.165, 1.54) is 11.1 Å². The van der Waals surface area contributed by atoms with Crippen molar-refractivity contribution < 1.29 is 14.3 Å². The van der Waals surface area contributed by atoms with E-state index in [1.54, 1.807) is 0 Å². The van der Waals surface area contributed by atoms with Gasteiger partial charge in [-0.3, -0.25) is 4.79 Å². The van der Waals surface area contributed by atoms with Crippen LogP contribution in [0.15, 0.2) is 24.3 Å². The largest absolute Gasteiger partial charge is 0.444 e. The molecule has 1 unspecified atom stereocenters. The van der Waals surface area contributed by atoms with E-state index in [4.69, 9.17) is 4.74 Å². The van der Waals surface area contributed by atoms with Crippen molar-refractivity contribution >= 4 is 12.0 Å². The summed E-state index contributed by atoms with van der Waals surface area (Å²) in [5.74, 6) is 0.104. The van der Waals surface area contributed by atoms with Crippen molar-refractivity contribution in [3.05, 3.63) is 35.4 Å². The summed E-state index contributed by atoms with van der Waals surface area (Å²) in [6.45, 7) is 8.62. The number of rotatable bonds is 6. The first-order chi connectivity index (χ1) is 12.3.